The average Bonchev–Trinajstić information content (AvgIpc) is 3.38. The number of amides is 1. The molecule has 0 aliphatic carbocycles. The van der Waals surface area contributed by atoms with E-state index < -0.39 is 18.5 Å². The lowest BCUT2D eigenvalue weighted by Gasteiger charge is -2.04. The molecule has 31 heavy (non-hydrogen) atoms. The number of carbonyl (C=O) groups is 2. The van der Waals surface area contributed by atoms with Crippen LogP contribution in [0, 0.1) is 13.8 Å². The molecule has 1 N–H and O–H groups in total. The van der Waals surface area contributed by atoms with Crippen molar-refractivity contribution in [3.05, 3.63) is 83.1 Å². The highest BCUT2D eigenvalue weighted by Gasteiger charge is 2.17. The SMILES string of the molecule is Cc1cc(C(=O)OCC(=O)Nc2nc(-c3ccc(-c4ccccc4)cc3)cs2)c(C)o1. The molecular weight excluding hydrogens is 412 g/mol. The number of nitrogens with one attached hydrogen (secondary N) is 1. The van der Waals surface area contributed by atoms with Crippen molar-refractivity contribution in [2.24, 2.45) is 0 Å². The van der Waals surface area contributed by atoms with E-state index in [0.717, 1.165) is 22.4 Å². The monoisotopic (exact) mass is 432 g/mol. The molecule has 0 fully saturated rings. The first-order valence-electron chi connectivity index (χ1n) is 9.65. The Morgan fingerprint density at radius 2 is 1.68 bits per heavy atom. The van der Waals surface area contributed by atoms with Gasteiger partial charge in [0.05, 0.1) is 5.69 Å². The predicted molar refractivity (Wildman–Crippen MR) is 120 cm³/mol. The van der Waals surface area contributed by atoms with Crippen LogP contribution in [0.5, 0.6) is 0 Å². The van der Waals surface area contributed by atoms with Crippen molar-refractivity contribution in [1.29, 1.82) is 0 Å². The van der Waals surface area contributed by atoms with Crippen molar-refractivity contribution in [2.45, 2.75) is 13.8 Å². The Labute approximate surface area is 183 Å². The molecule has 0 spiro atoms. The van der Waals surface area contributed by atoms with Crippen LogP contribution in [0.3, 0.4) is 0 Å². The number of aryl methyl sites for hydroxylation is 2. The number of rotatable bonds is 6. The van der Waals surface area contributed by atoms with Crippen molar-refractivity contribution in [3.63, 3.8) is 0 Å². The van der Waals surface area contributed by atoms with Crippen molar-refractivity contribution in [3.8, 4) is 22.4 Å². The summed E-state index contributed by atoms with van der Waals surface area (Å²) in [6.45, 7) is 3.02. The van der Waals surface area contributed by atoms with Crippen molar-refractivity contribution >= 4 is 28.3 Å². The number of furan rings is 1. The largest absolute Gasteiger partial charge is 0.466 e. The van der Waals surface area contributed by atoms with Crippen molar-refractivity contribution in [2.75, 3.05) is 11.9 Å². The topological polar surface area (TPSA) is 81.4 Å². The van der Waals surface area contributed by atoms with Gasteiger partial charge in [0.2, 0.25) is 0 Å². The highest BCUT2D eigenvalue weighted by atomic mass is 32.1. The van der Waals surface area contributed by atoms with E-state index >= 15 is 0 Å². The number of thiazole rings is 1. The molecule has 0 aliphatic heterocycles. The van der Waals surface area contributed by atoms with Crippen LogP contribution in [0.2, 0.25) is 0 Å². The summed E-state index contributed by atoms with van der Waals surface area (Å²) in [5, 5.41) is 4.98. The summed E-state index contributed by atoms with van der Waals surface area (Å²) in [4.78, 5) is 28.7. The number of esters is 1. The van der Waals surface area contributed by atoms with Gasteiger partial charge in [-0.2, -0.15) is 0 Å². The molecule has 0 radical (unpaired) electrons. The molecule has 7 heteroatoms. The highest BCUT2D eigenvalue weighted by Crippen LogP contribution is 2.27. The molecule has 6 nitrogen and oxygen atoms in total. The molecule has 0 aliphatic rings. The van der Waals surface area contributed by atoms with E-state index in [1.165, 1.54) is 11.3 Å². The van der Waals surface area contributed by atoms with E-state index in [2.05, 4.69) is 22.4 Å². The summed E-state index contributed by atoms with van der Waals surface area (Å²) in [6.07, 6.45) is 0. The molecule has 4 rings (SSSR count). The first-order chi connectivity index (χ1) is 15.0. The third-order valence-corrected chi connectivity index (χ3v) is 5.39. The standard InChI is InChI=1S/C24H20N2O4S/c1-15-12-20(16(2)30-15)23(28)29-13-22(27)26-24-25-21(14-31-24)19-10-8-18(9-11-19)17-6-4-3-5-7-17/h3-12,14H,13H2,1-2H3,(H,25,26,27). The summed E-state index contributed by atoms with van der Waals surface area (Å²) in [6, 6.07) is 19.8. The zero-order valence-corrected chi connectivity index (χ0v) is 17.9. The molecule has 2 aromatic heterocycles. The molecule has 0 saturated carbocycles. The second kappa shape index (κ2) is 8.97. The van der Waals surface area contributed by atoms with Crippen LogP contribution in [0.4, 0.5) is 5.13 Å². The van der Waals surface area contributed by atoms with Gasteiger partial charge < -0.3 is 9.15 Å². The normalized spacial score (nSPS) is 10.6. The van der Waals surface area contributed by atoms with Crippen molar-refractivity contribution < 1.29 is 18.7 Å². The molecule has 0 atom stereocenters. The maximum atomic E-state index is 12.1. The smallest absolute Gasteiger partial charge is 0.342 e. The summed E-state index contributed by atoms with van der Waals surface area (Å²) in [5.41, 5.74) is 4.31. The van der Waals surface area contributed by atoms with Crippen LogP contribution in [-0.2, 0) is 9.53 Å². The van der Waals surface area contributed by atoms with Gasteiger partial charge in [-0.15, -0.1) is 11.3 Å². The van der Waals surface area contributed by atoms with Gasteiger partial charge in [0.25, 0.3) is 5.91 Å². The number of ether oxygens (including phenoxy) is 1. The third kappa shape index (κ3) is 4.90. The quantitative estimate of drug-likeness (QED) is 0.408. The van der Waals surface area contributed by atoms with E-state index in [1.54, 1.807) is 19.9 Å². The zero-order chi connectivity index (χ0) is 21.8. The van der Waals surface area contributed by atoms with Gasteiger partial charge in [0, 0.05) is 10.9 Å². The second-order valence-electron chi connectivity index (χ2n) is 6.93. The van der Waals surface area contributed by atoms with Gasteiger partial charge in [-0.05, 0) is 31.0 Å². The number of aromatic nitrogens is 1. The summed E-state index contributed by atoms with van der Waals surface area (Å²) in [5.74, 6) is 0.0288. The first-order valence-corrected chi connectivity index (χ1v) is 10.5. The fourth-order valence-electron chi connectivity index (χ4n) is 3.13. The molecule has 0 saturated heterocycles. The molecule has 1 amide bonds. The number of hydrogen-bond donors (Lipinski definition) is 1. The lowest BCUT2D eigenvalue weighted by molar-refractivity contribution is -0.119. The van der Waals surface area contributed by atoms with Gasteiger partial charge in [-0.3, -0.25) is 10.1 Å². The Hall–Kier alpha value is -3.71. The number of anilines is 1. The summed E-state index contributed by atoms with van der Waals surface area (Å²) >= 11 is 1.31. The second-order valence-corrected chi connectivity index (χ2v) is 7.79. The fourth-order valence-corrected chi connectivity index (χ4v) is 3.86. The van der Waals surface area contributed by atoms with Crippen LogP contribution in [-0.4, -0.2) is 23.5 Å². The van der Waals surface area contributed by atoms with Gasteiger partial charge in [0.15, 0.2) is 11.7 Å². The van der Waals surface area contributed by atoms with E-state index in [9.17, 15) is 9.59 Å². The van der Waals surface area contributed by atoms with E-state index in [4.69, 9.17) is 9.15 Å². The Bertz CT molecular complexity index is 1210. The summed E-state index contributed by atoms with van der Waals surface area (Å²) < 4.78 is 10.4. The highest BCUT2D eigenvalue weighted by molar-refractivity contribution is 7.14. The lowest BCUT2D eigenvalue weighted by atomic mass is 10.0. The molecule has 2 heterocycles. The van der Waals surface area contributed by atoms with Gasteiger partial charge in [-0.25, -0.2) is 9.78 Å². The number of hydrogen-bond acceptors (Lipinski definition) is 6. The van der Waals surface area contributed by atoms with Gasteiger partial charge in [0.1, 0.15) is 17.1 Å². The number of benzene rings is 2. The maximum absolute atomic E-state index is 12.1. The zero-order valence-electron chi connectivity index (χ0n) is 17.0. The van der Waals surface area contributed by atoms with Crippen LogP contribution in [0.15, 0.2) is 70.5 Å². The average molecular weight is 433 g/mol. The first kappa shape index (κ1) is 20.6. The van der Waals surface area contributed by atoms with Crippen LogP contribution in [0.25, 0.3) is 22.4 Å². The molecule has 0 unspecified atom stereocenters. The molecule has 156 valence electrons. The lowest BCUT2D eigenvalue weighted by Crippen LogP contribution is -2.20. The molecule has 4 aromatic rings. The Kier molecular flexibility index (Phi) is 5.95. The maximum Gasteiger partial charge on any atom is 0.342 e. The molecule has 2 aromatic carbocycles. The minimum Gasteiger partial charge on any atom is -0.466 e. The van der Waals surface area contributed by atoms with Gasteiger partial charge in [-0.1, -0.05) is 54.6 Å². The Morgan fingerprint density at radius 1 is 1.00 bits per heavy atom. The third-order valence-electron chi connectivity index (χ3n) is 4.63. The van der Waals surface area contributed by atoms with Crippen LogP contribution >= 0.6 is 11.3 Å². The number of carbonyl (C=O) groups excluding carboxylic acids is 2. The predicted octanol–water partition coefficient (Wildman–Crippen LogP) is 5.48. The fraction of sp³-hybridized carbons (Fsp3) is 0.125. The van der Waals surface area contributed by atoms with E-state index in [1.807, 2.05) is 47.8 Å². The minimum absolute atomic E-state index is 0.320. The Morgan fingerprint density at radius 3 is 2.35 bits per heavy atom. The summed E-state index contributed by atoms with van der Waals surface area (Å²) in [7, 11) is 0. The van der Waals surface area contributed by atoms with Crippen LogP contribution in [0.1, 0.15) is 21.9 Å². The minimum atomic E-state index is -0.595. The molecule has 0 bridgehead atoms. The number of nitrogens with zero attached hydrogens (tertiary/aromatic N) is 1. The Balaban J connectivity index is 1.35. The van der Waals surface area contributed by atoms with E-state index in [0.29, 0.717) is 22.2 Å². The van der Waals surface area contributed by atoms with Crippen LogP contribution < -0.4 is 5.32 Å². The van der Waals surface area contributed by atoms with Crippen molar-refractivity contribution in [1.82, 2.24) is 4.98 Å². The van der Waals surface area contributed by atoms with Gasteiger partial charge >= 0.3 is 5.97 Å². The van der Waals surface area contributed by atoms with E-state index in [-0.39, 0.29) is 0 Å². The molecular formula is C24H20N2O4S.